The number of ether oxygens (including phenoxy) is 2. The van der Waals surface area contributed by atoms with Crippen LogP contribution in [0.15, 0.2) is 81.5 Å². The van der Waals surface area contributed by atoms with Gasteiger partial charge in [-0.1, -0.05) is 58.0 Å². The third-order valence-electron chi connectivity index (χ3n) is 4.99. The van der Waals surface area contributed by atoms with E-state index < -0.39 is 0 Å². The van der Waals surface area contributed by atoms with Crippen LogP contribution >= 0.6 is 27.7 Å². The SMILES string of the molecule is COc1cc(C=NNC(=O)CSc2nnc(-c3ccccc3)n2-c2ccc(Br)cc2)cc(OC)c1O. The molecule has 36 heavy (non-hydrogen) atoms. The van der Waals surface area contributed by atoms with E-state index >= 15 is 0 Å². The fourth-order valence-electron chi connectivity index (χ4n) is 3.29. The molecule has 0 saturated carbocycles. The van der Waals surface area contributed by atoms with E-state index in [0.717, 1.165) is 15.7 Å². The molecule has 0 radical (unpaired) electrons. The number of hydrogen-bond donors (Lipinski definition) is 2. The topological polar surface area (TPSA) is 111 Å². The molecule has 0 aliphatic rings. The molecule has 0 aliphatic carbocycles. The van der Waals surface area contributed by atoms with Gasteiger partial charge in [0.15, 0.2) is 22.5 Å². The molecule has 0 spiro atoms. The number of hydrazone groups is 1. The van der Waals surface area contributed by atoms with E-state index in [0.29, 0.717) is 16.5 Å². The van der Waals surface area contributed by atoms with E-state index in [1.54, 1.807) is 12.1 Å². The Morgan fingerprint density at radius 2 is 1.75 bits per heavy atom. The van der Waals surface area contributed by atoms with Crippen molar-refractivity contribution in [3.63, 3.8) is 0 Å². The lowest BCUT2D eigenvalue weighted by atomic mass is 10.2. The first-order valence-corrected chi connectivity index (χ1v) is 12.4. The second-order valence-electron chi connectivity index (χ2n) is 7.34. The average molecular weight is 568 g/mol. The van der Waals surface area contributed by atoms with Crippen LogP contribution < -0.4 is 14.9 Å². The van der Waals surface area contributed by atoms with E-state index in [1.165, 1.54) is 32.2 Å². The first-order valence-electron chi connectivity index (χ1n) is 10.7. The van der Waals surface area contributed by atoms with Crippen LogP contribution in [0.1, 0.15) is 5.56 Å². The van der Waals surface area contributed by atoms with Crippen LogP contribution in [0.4, 0.5) is 0 Å². The molecule has 0 unspecified atom stereocenters. The zero-order valence-corrected chi connectivity index (χ0v) is 21.8. The van der Waals surface area contributed by atoms with Crippen molar-refractivity contribution >= 4 is 39.8 Å². The van der Waals surface area contributed by atoms with Gasteiger partial charge in [-0.25, -0.2) is 5.43 Å². The summed E-state index contributed by atoms with van der Waals surface area (Å²) in [6.07, 6.45) is 1.44. The van der Waals surface area contributed by atoms with Crippen LogP contribution in [0.25, 0.3) is 17.1 Å². The highest BCUT2D eigenvalue weighted by Crippen LogP contribution is 2.36. The van der Waals surface area contributed by atoms with Crippen molar-refractivity contribution in [2.45, 2.75) is 5.16 Å². The largest absolute Gasteiger partial charge is 0.502 e. The van der Waals surface area contributed by atoms with Gasteiger partial charge in [-0.05, 0) is 36.4 Å². The number of rotatable bonds is 9. The molecule has 4 aromatic rings. The molecule has 0 fully saturated rings. The molecule has 0 saturated heterocycles. The predicted octanol–water partition coefficient (Wildman–Crippen LogP) is 4.66. The molecular weight excluding hydrogens is 546 g/mol. The summed E-state index contributed by atoms with van der Waals surface area (Å²) < 4.78 is 13.1. The predicted molar refractivity (Wildman–Crippen MR) is 142 cm³/mol. The van der Waals surface area contributed by atoms with Gasteiger partial charge in [0.2, 0.25) is 5.75 Å². The maximum Gasteiger partial charge on any atom is 0.250 e. The van der Waals surface area contributed by atoms with E-state index in [2.05, 4.69) is 36.7 Å². The fourth-order valence-corrected chi connectivity index (χ4v) is 4.30. The zero-order valence-electron chi connectivity index (χ0n) is 19.4. The number of hydrogen-bond acceptors (Lipinski definition) is 8. The van der Waals surface area contributed by atoms with Gasteiger partial charge in [-0.2, -0.15) is 5.10 Å². The monoisotopic (exact) mass is 567 g/mol. The molecule has 0 atom stereocenters. The molecule has 3 aromatic carbocycles. The summed E-state index contributed by atoms with van der Waals surface area (Å²) in [5.74, 6) is 0.790. The summed E-state index contributed by atoms with van der Waals surface area (Å²) in [4.78, 5) is 12.5. The van der Waals surface area contributed by atoms with E-state index in [-0.39, 0.29) is 28.9 Å². The van der Waals surface area contributed by atoms with Crippen LogP contribution in [0.5, 0.6) is 17.2 Å². The summed E-state index contributed by atoms with van der Waals surface area (Å²) in [6.45, 7) is 0. The van der Waals surface area contributed by atoms with Gasteiger partial charge < -0.3 is 14.6 Å². The van der Waals surface area contributed by atoms with Crippen LogP contribution in [0, 0.1) is 0 Å². The van der Waals surface area contributed by atoms with Crippen molar-refractivity contribution in [2.24, 2.45) is 5.10 Å². The van der Waals surface area contributed by atoms with Crippen LogP contribution in [0.2, 0.25) is 0 Å². The van der Waals surface area contributed by atoms with E-state index in [4.69, 9.17) is 9.47 Å². The summed E-state index contributed by atoms with van der Waals surface area (Å²) in [6, 6.07) is 20.7. The van der Waals surface area contributed by atoms with Crippen molar-refractivity contribution < 1.29 is 19.4 Å². The Bertz CT molecular complexity index is 1350. The van der Waals surface area contributed by atoms with E-state index in [1.807, 2.05) is 59.2 Å². The molecule has 1 amide bonds. The zero-order chi connectivity index (χ0) is 25.5. The molecule has 0 bridgehead atoms. The third kappa shape index (κ3) is 5.86. The summed E-state index contributed by atoms with van der Waals surface area (Å²) in [7, 11) is 2.87. The molecule has 2 N–H and O–H groups in total. The van der Waals surface area contributed by atoms with E-state index in [9.17, 15) is 9.90 Å². The number of amides is 1. The number of halogens is 1. The van der Waals surface area contributed by atoms with Gasteiger partial charge in [0, 0.05) is 21.3 Å². The van der Waals surface area contributed by atoms with Gasteiger partial charge in [0.05, 0.1) is 26.2 Å². The first-order chi connectivity index (χ1) is 17.5. The van der Waals surface area contributed by atoms with Crippen LogP contribution in [-0.2, 0) is 4.79 Å². The highest BCUT2D eigenvalue weighted by Gasteiger charge is 2.17. The number of phenols is 1. The smallest absolute Gasteiger partial charge is 0.250 e. The number of thioether (sulfide) groups is 1. The van der Waals surface area contributed by atoms with Gasteiger partial charge in [0.25, 0.3) is 5.91 Å². The number of aromatic nitrogens is 3. The number of nitrogens with zero attached hydrogens (tertiary/aromatic N) is 4. The van der Waals surface area contributed by atoms with Gasteiger partial charge in [-0.3, -0.25) is 9.36 Å². The fraction of sp³-hybridized carbons (Fsp3) is 0.120. The molecule has 1 aromatic heterocycles. The first kappa shape index (κ1) is 25.3. The standard InChI is InChI=1S/C25H22BrN5O4S/c1-34-20-12-16(13-21(35-2)23(20)33)14-27-28-22(32)15-36-25-30-29-24(17-6-4-3-5-7-17)31(25)19-10-8-18(26)9-11-19/h3-14,33H,15H2,1-2H3,(H,28,32). The number of nitrogens with one attached hydrogen (secondary N) is 1. The Labute approximate surface area is 220 Å². The Kier molecular flexibility index (Phi) is 8.24. The maximum absolute atomic E-state index is 12.5. The molecular formula is C25H22BrN5O4S. The number of carbonyl (C=O) groups is 1. The van der Waals surface area contributed by atoms with Crippen molar-refractivity contribution in [1.29, 1.82) is 0 Å². The molecule has 9 nitrogen and oxygen atoms in total. The number of aromatic hydroxyl groups is 1. The minimum Gasteiger partial charge on any atom is -0.502 e. The molecule has 11 heteroatoms. The second kappa shape index (κ2) is 11.7. The van der Waals surface area contributed by atoms with Crippen molar-refractivity contribution in [3.05, 3.63) is 76.8 Å². The minimum absolute atomic E-state index is 0.0724. The van der Waals surface area contributed by atoms with Crippen molar-refractivity contribution in [3.8, 4) is 34.3 Å². The quantitative estimate of drug-likeness (QED) is 0.172. The Balaban J connectivity index is 1.48. The third-order valence-corrected chi connectivity index (χ3v) is 6.45. The highest BCUT2D eigenvalue weighted by atomic mass is 79.9. The number of carbonyl (C=O) groups excluding carboxylic acids is 1. The van der Waals surface area contributed by atoms with Crippen LogP contribution in [0.3, 0.4) is 0 Å². The summed E-state index contributed by atoms with van der Waals surface area (Å²) in [5.41, 5.74) is 4.86. The molecule has 1 heterocycles. The lowest BCUT2D eigenvalue weighted by molar-refractivity contribution is -0.118. The highest BCUT2D eigenvalue weighted by molar-refractivity contribution is 9.10. The number of benzene rings is 3. The minimum atomic E-state index is -0.319. The second-order valence-corrected chi connectivity index (χ2v) is 9.20. The summed E-state index contributed by atoms with van der Waals surface area (Å²) in [5, 5.41) is 23.3. The normalized spacial score (nSPS) is 11.0. The molecule has 184 valence electrons. The van der Waals surface area contributed by atoms with Gasteiger partial charge in [-0.15, -0.1) is 10.2 Å². The number of methoxy groups -OCH3 is 2. The number of phenolic OH excluding ortho intramolecular Hbond substituents is 1. The molecule has 4 rings (SSSR count). The molecule has 0 aliphatic heterocycles. The van der Waals surface area contributed by atoms with Gasteiger partial charge >= 0.3 is 0 Å². The Morgan fingerprint density at radius 1 is 1.08 bits per heavy atom. The lowest BCUT2D eigenvalue weighted by Gasteiger charge is -2.10. The Morgan fingerprint density at radius 3 is 2.39 bits per heavy atom. The Hall–Kier alpha value is -3.83. The lowest BCUT2D eigenvalue weighted by Crippen LogP contribution is -2.20. The van der Waals surface area contributed by atoms with Crippen molar-refractivity contribution in [1.82, 2.24) is 20.2 Å². The maximum atomic E-state index is 12.5. The van der Waals surface area contributed by atoms with Crippen molar-refractivity contribution in [2.75, 3.05) is 20.0 Å². The average Bonchev–Trinajstić information content (AvgIpc) is 3.33. The van der Waals surface area contributed by atoms with Crippen LogP contribution in [-0.4, -0.2) is 52.0 Å². The van der Waals surface area contributed by atoms with Gasteiger partial charge in [0.1, 0.15) is 0 Å². The summed E-state index contributed by atoms with van der Waals surface area (Å²) >= 11 is 4.71.